The van der Waals surface area contributed by atoms with Crippen LogP contribution in [-0.2, 0) is 9.53 Å². The Kier molecular flexibility index (Phi) is 3.32. The van der Waals surface area contributed by atoms with Gasteiger partial charge in [0.2, 0.25) is 0 Å². The summed E-state index contributed by atoms with van der Waals surface area (Å²) in [5, 5.41) is 3.53. The first kappa shape index (κ1) is 13.6. The van der Waals surface area contributed by atoms with Gasteiger partial charge in [0.15, 0.2) is 0 Å². The molecule has 2 aliphatic carbocycles. The van der Waals surface area contributed by atoms with Gasteiger partial charge in [0.05, 0.1) is 19.1 Å². The van der Waals surface area contributed by atoms with Crippen LogP contribution in [0.1, 0.15) is 49.5 Å². The van der Waals surface area contributed by atoms with E-state index in [9.17, 15) is 4.79 Å². The van der Waals surface area contributed by atoms with Crippen LogP contribution in [0.15, 0.2) is 6.33 Å². The van der Waals surface area contributed by atoms with E-state index in [0.29, 0.717) is 12.1 Å². The third kappa shape index (κ3) is 2.24. The molecule has 5 heteroatoms. The summed E-state index contributed by atoms with van der Waals surface area (Å²) in [6.07, 6.45) is 6.88. The Morgan fingerprint density at radius 3 is 2.75 bits per heavy atom. The number of methoxy groups -OCH3 is 1. The highest BCUT2D eigenvalue weighted by Gasteiger charge is 2.49. The molecule has 0 saturated heterocycles. The van der Waals surface area contributed by atoms with Crippen LogP contribution < -0.4 is 5.32 Å². The van der Waals surface area contributed by atoms with Gasteiger partial charge < -0.3 is 9.30 Å². The van der Waals surface area contributed by atoms with Gasteiger partial charge >= 0.3 is 5.97 Å². The Balaban J connectivity index is 1.81. The van der Waals surface area contributed by atoms with Gasteiger partial charge in [-0.3, -0.25) is 10.1 Å². The number of carbonyl (C=O) groups is 1. The number of ether oxygens (including phenoxy) is 1. The highest BCUT2D eigenvalue weighted by Crippen LogP contribution is 2.41. The molecule has 110 valence electrons. The molecule has 1 aromatic heterocycles. The molecule has 3 rings (SSSR count). The molecule has 2 unspecified atom stereocenters. The number of esters is 1. The smallest absolute Gasteiger partial charge is 0.326 e. The molecule has 2 atom stereocenters. The minimum absolute atomic E-state index is 0.110. The lowest BCUT2D eigenvalue weighted by atomic mass is 9.97. The second-order valence-electron chi connectivity index (χ2n) is 6.21. The van der Waals surface area contributed by atoms with Crippen molar-refractivity contribution in [2.75, 3.05) is 7.11 Å². The number of imidazole rings is 1. The average Bonchev–Trinajstić information content (AvgIpc) is 3.05. The summed E-state index contributed by atoms with van der Waals surface area (Å²) in [7, 11) is 1.48. The van der Waals surface area contributed by atoms with E-state index in [-0.39, 0.29) is 5.97 Å². The second kappa shape index (κ2) is 4.88. The van der Waals surface area contributed by atoms with Crippen LogP contribution in [-0.4, -0.2) is 34.2 Å². The minimum atomic E-state index is -0.495. The average molecular weight is 277 g/mol. The molecule has 0 spiro atoms. The largest absolute Gasteiger partial charge is 0.468 e. The van der Waals surface area contributed by atoms with E-state index >= 15 is 0 Å². The quantitative estimate of drug-likeness (QED) is 0.854. The Morgan fingerprint density at radius 1 is 1.45 bits per heavy atom. The first-order valence-electron chi connectivity index (χ1n) is 7.42. The van der Waals surface area contributed by atoms with Crippen LogP contribution in [0.5, 0.6) is 0 Å². The van der Waals surface area contributed by atoms with Crippen molar-refractivity contribution in [3.05, 3.63) is 17.7 Å². The number of hydrogen-bond donors (Lipinski definition) is 1. The fourth-order valence-corrected chi connectivity index (χ4v) is 3.33. The third-order valence-electron chi connectivity index (χ3n) is 4.80. The topological polar surface area (TPSA) is 56.1 Å². The zero-order chi connectivity index (χ0) is 14.3. The van der Waals surface area contributed by atoms with Crippen molar-refractivity contribution in [2.24, 2.45) is 0 Å². The van der Waals surface area contributed by atoms with E-state index in [1.54, 1.807) is 0 Å². The van der Waals surface area contributed by atoms with E-state index in [2.05, 4.69) is 21.8 Å². The minimum Gasteiger partial charge on any atom is -0.468 e. The summed E-state index contributed by atoms with van der Waals surface area (Å²) in [5.74, 6) is -0.110. The summed E-state index contributed by atoms with van der Waals surface area (Å²) in [4.78, 5) is 16.6. The molecule has 1 aromatic rings. The Labute approximate surface area is 119 Å². The van der Waals surface area contributed by atoms with Gasteiger partial charge in [0.25, 0.3) is 0 Å². The number of carbonyl (C=O) groups excluding carboxylic acids is 1. The predicted molar refractivity (Wildman–Crippen MR) is 75.5 cm³/mol. The molecule has 5 nitrogen and oxygen atoms in total. The number of aryl methyl sites for hydroxylation is 1. The molecular weight excluding hydrogens is 254 g/mol. The zero-order valence-electron chi connectivity index (χ0n) is 12.5. The Morgan fingerprint density at radius 2 is 2.20 bits per heavy atom. The van der Waals surface area contributed by atoms with E-state index in [4.69, 9.17) is 4.74 Å². The second-order valence-corrected chi connectivity index (χ2v) is 6.21. The lowest BCUT2D eigenvalue weighted by molar-refractivity contribution is -0.148. The fourth-order valence-electron chi connectivity index (χ4n) is 3.33. The number of hydrogen-bond acceptors (Lipinski definition) is 4. The van der Waals surface area contributed by atoms with Gasteiger partial charge in [-0.15, -0.1) is 0 Å². The highest BCUT2D eigenvalue weighted by molar-refractivity contribution is 5.81. The maximum atomic E-state index is 12.3. The lowest BCUT2D eigenvalue weighted by Gasteiger charge is -2.28. The van der Waals surface area contributed by atoms with Crippen molar-refractivity contribution in [3.63, 3.8) is 0 Å². The molecule has 2 aliphatic rings. The first-order valence-corrected chi connectivity index (χ1v) is 7.42. The zero-order valence-corrected chi connectivity index (χ0v) is 12.5. The monoisotopic (exact) mass is 277 g/mol. The van der Waals surface area contributed by atoms with Crippen LogP contribution >= 0.6 is 0 Å². The standard InChI is InChI=1S/C15H23N3O2/c1-10-11(2)18(9-16-10)13-6-7-15(8-13,14(19)20-3)17-12-4-5-12/h9,12-13,17H,4-8H2,1-3H3. The maximum absolute atomic E-state index is 12.3. The first-order chi connectivity index (χ1) is 9.55. The van der Waals surface area contributed by atoms with Crippen LogP contribution in [0.2, 0.25) is 0 Å². The van der Waals surface area contributed by atoms with Crippen molar-refractivity contribution in [2.45, 2.75) is 63.6 Å². The number of rotatable bonds is 4. The van der Waals surface area contributed by atoms with Gasteiger partial charge in [-0.2, -0.15) is 0 Å². The SMILES string of the molecule is COC(=O)C1(NC2CC2)CCC(n2cnc(C)c2C)C1. The molecule has 0 aromatic carbocycles. The molecule has 0 radical (unpaired) electrons. The van der Waals surface area contributed by atoms with Crippen molar-refractivity contribution < 1.29 is 9.53 Å². The molecule has 2 fully saturated rings. The maximum Gasteiger partial charge on any atom is 0.326 e. The van der Waals surface area contributed by atoms with Gasteiger partial charge in [-0.1, -0.05) is 0 Å². The molecule has 0 aliphatic heterocycles. The number of aromatic nitrogens is 2. The van der Waals surface area contributed by atoms with Crippen LogP contribution in [0, 0.1) is 13.8 Å². The van der Waals surface area contributed by atoms with E-state index in [1.165, 1.54) is 25.6 Å². The van der Waals surface area contributed by atoms with Crippen LogP contribution in [0.25, 0.3) is 0 Å². The number of nitrogens with zero attached hydrogens (tertiary/aromatic N) is 2. The summed E-state index contributed by atoms with van der Waals surface area (Å²) >= 11 is 0. The van der Waals surface area contributed by atoms with Gasteiger partial charge in [0, 0.05) is 17.8 Å². The Bertz CT molecular complexity index is 521. The summed E-state index contributed by atoms with van der Waals surface area (Å²) in [6, 6.07) is 0.833. The van der Waals surface area contributed by atoms with Crippen molar-refractivity contribution in [3.8, 4) is 0 Å². The predicted octanol–water partition coefficient (Wildman–Crippen LogP) is 1.89. The molecular formula is C15H23N3O2. The van der Waals surface area contributed by atoms with Gasteiger partial charge in [0.1, 0.15) is 5.54 Å². The summed E-state index contributed by atoms with van der Waals surface area (Å²) in [5.41, 5.74) is 1.77. The fraction of sp³-hybridized carbons (Fsp3) is 0.733. The van der Waals surface area contributed by atoms with Gasteiger partial charge in [-0.05, 0) is 46.0 Å². The Hall–Kier alpha value is -1.36. The lowest BCUT2D eigenvalue weighted by Crippen LogP contribution is -2.51. The van der Waals surface area contributed by atoms with Crippen molar-refractivity contribution in [1.82, 2.24) is 14.9 Å². The highest BCUT2D eigenvalue weighted by atomic mass is 16.5. The van der Waals surface area contributed by atoms with Gasteiger partial charge in [-0.25, -0.2) is 4.98 Å². The number of nitrogens with one attached hydrogen (secondary N) is 1. The van der Waals surface area contributed by atoms with E-state index in [1.807, 2.05) is 13.3 Å². The summed E-state index contributed by atoms with van der Waals surface area (Å²) in [6.45, 7) is 4.12. The van der Waals surface area contributed by atoms with Crippen LogP contribution in [0.3, 0.4) is 0 Å². The van der Waals surface area contributed by atoms with Crippen molar-refractivity contribution >= 4 is 5.97 Å². The third-order valence-corrected chi connectivity index (χ3v) is 4.80. The normalized spacial score (nSPS) is 29.6. The molecule has 2 saturated carbocycles. The molecule has 0 amide bonds. The molecule has 20 heavy (non-hydrogen) atoms. The molecule has 1 heterocycles. The summed E-state index contributed by atoms with van der Waals surface area (Å²) < 4.78 is 7.28. The molecule has 0 bridgehead atoms. The van der Waals surface area contributed by atoms with E-state index in [0.717, 1.165) is 25.0 Å². The van der Waals surface area contributed by atoms with Crippen LogP contribution in [0.4, 0.5) is 0 Å². The molecule has 1 N–H and O–H groups in total. The van der Waals surface area contributed by atoms with Crippen molar-refractivity contribution in [1.29, 1.82) is 0 Å². The van der Waals surface area contributed by atoms with E-state index < -0.39 is 5.54 Å².